The van der Waals surface area contributed by atoms with E-state index in [1.807, 2.05) is 36.4 Å². The van der Waals surface area contributed by atoms with Crippen molar-refractivity contribution in [2.24, 2.45) is 10.9 Å². The summed E-state index contributed by atoms with van der Waals surface area (Å²) in [7, 11) is 0. The van der Waals surface area contributed by atoms with Crippen LogP contribution in [0.2, 0.25) is 0 Å². The minimum atomic E-state index is -0.648. The van der Waals surface area contributed by atoms with E-state index in [0.717, 1.165) is 16.7 Å². The van der Waals surface area contributed by atoms with Gasteiger partial charge >= 0.3 is 5.97 Å². The Kier molecular flexibility index (Phi) is 4.87. The first-order valence-electron chi connectivity index (χ1n) is 9.23. The van der Waals surface area contributed by atoms with Crippen LogP contribution in [0, 0.1) is 17.2 Å². The predicted octanol–water partition coefficient (Wildman–Crippen LogP) is 3.09. The number of aromatic nitrogens is 4. The first-order chi connectivity index (χ1) is 14.1. The number of carbonyl (C=O) groups excluding carboxylic acids is 1. The Bertz CT molecular complexity index is 1130. The fourth-order valence-corrected chi connectivity index (χ4v) is 3.62. The highest BCUT2D eigenvalue weighted by Crippen LogP contribution is 2.39. The van der Waals surface area contributed by atoms with Crippen molar-refractivity contribution >= 4 is 17.6 Å². The van der Waals surface area contributed by atoms with E-state index in [1.165, 1.54) is 0 Å². The molecule has 0 N–H and O–H groups in total. The second-order valence-electron chi connectivity index (χ2n) is 6.63. The molecule has 0 saturated carbocycles. The number of fused-ring (bicyclic) bond motifs is 1. The third kappa shape index (κ3) is 3.27. The zero-order valence-corrected chi connectivity index (χ0v) is 16.0. The summed E-state index contributed by atoms with van der Waals surface area (Å²) >= 11 is 0. The van der Waals surface area contributed by atoms with Gasteiger partial charge in [-0.2, -0.15) is 5.26 Å². The summed E-state index contributed by atoms with van der Waals surface area (Å²) in [4.78, 5) is 17.2. The summed E-state index contributed by atoms with van der Waals surface area (Å²) in [6.45, 7) is 3.83. The van der Waals surface area contributed by atoms with Crippen molar-refractivity contribution in [3.8, 4) is 17.2 Å². The van der Waals surface area contributed by atoms with Gasteiger partial charge in [0, 0.05) is 5.71 Å². The molecule has 3 aromatic rings. The lowest BCUT2D eigenvalue weighted by Gasteiger charge is -2.30. The summed E-state index contributed by atoms with van der Waals surface area (Å²) in [6, 6.07) is 16.7. The maximum Gasteiger partial charge on any atom is 0.317 e. The predicted molar refractivity (Wildman–Crippen MR) is 105 cm³/mol. The fourth-order valence-electron chi connectivity index (χ4n) is 3.62. The van der Waals surface area contributed by atoms with Gasteiger partial charge in [-0.25, -0.2) is 9.67 Å². The Balaban J connectivity index is 1.89. The highest BCUT2D eigenvalue weighted by atomic mass is 16.5. The van der Waals surface area contributed by atoms with Gasteiger partial charge < -0.3 is 4.74 Å². The number of benzene rings is 2. The van der Waals surface area contributed by atoms with Crippen LogP contribution in [0.25, 0.3) is 11.1 Å². The molecule has 8 nitrogen and oxygen atoms in total. The molecule has 0 fully saturated rings. The Morgan fingerprint density at radius 2 is 1.97 bits per heavy atom. The van der Waals surface area contributed by atoms with Gasteiger partial charge in [-0.1, -0.05) is 41.5 Å². The van der Waals surface area contributed by atoms with Gasteiger partial charge in [0.25, 0.3) is 5.95 Å². The summed E-state index contributed by atoms with van der Waals surface area (Å²) < 4.78 is 6.90. The number of nitriles is 1. The first kappa shape index (κ1) is 18.5. The number of esters is 1. The van der Waals surface area contributed by atoms with Crippen LogP contribution in [0.4, 0.5) is 5.95 Å². The molecule has 29 heavy (non-hydrogen) atoms. The van der Waals surface area contributed by atoms with Crippen LogP contribution in [0.1, 0.15) is 31.0 Å². The number of aliphatic imine (C=N–C) groups is 1. The second kappa shape index (κ2) is 7.64. The molecule has 144 valence electrons. The van der Waals surface area contributed by atoms with Crippen molar-refractivity contribution in [2.45, 2.75) is 19.9 Å². The van der Waals surface area contributed by atoms with Gasteiger partial charge in [-0.3, -0.25) is 4.79 Å². The van der Waals surface area contributed by atoms with E-state index < -0.39 is 12.0 Å². The maximum atomic E-state index is 12.8. The quantitative estimate of drug-likeness (QED) is 0.638. The average Bonchev–Trinajstić information content (AvgIpc) is 3.21. The fraction of sp³-hybridized carbons (Fsp3) is 0.238. The van der Waals surface area contributed by atoms with E-state index in [0.29, 0.717) is 17.2 Å². The Morgan fingerprint density at radius 1 is 1.21 bits per heavy atom. The van der Waals surface area contributed by atoms with Gasteiger partial charge in [0.1, 0.15) is 12.0 Å². The Hall–Kier alpha value is -3.86. The molecule has 2 heterocycles. The Labute approximate surface area is 167 Å². The molecule has 4 rings (SSSR count). The van der Waals surface area contributed by atoms with E-state index in [2.05, 4.69) is 26.6 Å². The van der Waals surface area contributed by atoms with Crippen LogP contribution < -0.4 is 0 Å². The van der Waals surface area contributed by atoms with Crippen LogP contribution in [-0.2, 0) is 9.53 Å². The van der Waals surface area contributed by atoms with Gasteiger partial charge in [0.05, 0.1) is 18.2 Å². The molecule has 0 amide bonds. The van der Waals surface area contributed by atoms with Crippen molar-refractivity contribution in [2.75, 3.05) is 6.61 Å². The third-order valence-corrected chi connectivity index (χ3v) is 4.93. The molecule has 1 aliphatic rings. The highest BCUT2D eigenvalue weighted by Gasteiger charge is 2.41. The zero-order chi connectivity index (χ0) is 20.4. The summed E-state index contributed by atoms with van der Waals surface area (Å²) in [5, 5.41) is 20.9. The molecular weight excluding hydrogens is 368 g/mol. The average molecular weight is 386 g/mol. The maximum absolute atomic E-state index is 12.8. The standard InChI is InChI=1S/C21H18N6O2/c1-3-29-20(28)18-13(2)23-21-24-25-26-27(21)19(18)17-7-5-4-6-16(17)15-10-8-14(12-22)9-11-15/h4-11,18-19H,3H2,1-2H3. The van der Waals surface area contributed by atoms with Gasteiger partial charge in [0.2, 0.25) is 0 Å². The minimum Gasteiger partial charge on any atom is -0.465 e. The molecule has 2 unspecified atom stereocenters. The van der Waals surface area contributed by atoms with Crippen molar-refractivity contribution in [3.63, 3.8) is 0 Å². The molecule has 0 aliphatic carbocycles. The van der Waals surface area contributed by atoms with Gasteiger partial charge in [0.15, 0.2) is 0 Å². The van der Waals surface area contributed by atoms with Crippen LogP contribution >= 0.6 is 0 Å². The molecular formula is C21H18N6O2. The van der Waals surface area contributed by atoms with E-state index in [9.17, 15) is 4.79 Å². The number of hydrogen-bond donors (Lipinski definition) is 0. The van der Waals surface area contributed by atoms with Crippen molar-refractivity contribution < 1.29 is 9.53 Å². The molecule has 0 radical (unpaired) electrons. The number of hydrogen-bond acceptors (Lipinski definition) is 7. The van der Waals surface area contributed by atoms with Crippen molar-refractivity contribution in [1.29, 1.82) is 5.26 Å². The minimum absolute atomic E-state index is 0.273. The summed E-state index contributed by atoms with van der Waals surface area (Å²) in [6.07, 6.45) is 0. The lowest BCUT2D eigenvalue weighted by atomic mass is 9.84. The summed E-state index contributed by atoms with van der Waals surface area (Å²) in [5.41, 5.74) is 3.91. The lowest BCUT2D eigenvalue weighted by Crippen LogP contribution is -2.37. The third-order valence-electron chi connectivity index (χ3n) is 4.93. The van der Waals surface area contributed by atoms with Crippen molar-refractivity contribution in [3.05, 3.63) is 59.7 Å². The van der Waals surface area contributed by atoms with Gasteiger partial charge in [-0.15, -0.1) is 0 Å². The zero-order valence-electron chi connectivity index (χ0n) is 16.0. The molecule has 2 aromatic carbocycles. The number of rotatable bonds is 4. The Morgan fingerprint density at radius 3 is 2.69 bits per heavy atom. The number of ether oxygens (including phenoxy) is 1. The van der Waals surface area contributed by atoms with Crippen LogP contribution in [0.15, 0.2) is 53.5 Å². The van der Waals surface area contributed by atoms with E-state index in [-0.39, 0.29) is 12.6 Å². The normalized spacial score (nSPS) is 17.8. The smallest absolute Gasteiger partial charge is 0.317 e. The number of nitrogens with zero attached hydrogens (tertiary/aromatic N) is 6. The van der Waals surface area contributed by atoms with E-state index >= 15 is 0 Å². The van der Waals surface area contributed by atoms with E-state index in [4.69, 9.17) is 10.00 Å². The van der Waals surface area contributed by atoms with E-state index in [1.54, 1.807) is 30.7 Å². The molecule has 2 atom stereocenters. The molecule has 1 aromatic heterocycles. The van der Waals surface area contributed by atoms with Crippen molar-refractivity contribution in [1.82, 2.24) is 20.2 Å². The molecule has 0 bridgehead atoms. The van der Waals surface area contributed by atoms with Crippen LogP contribution in [-0.4, -0.2) is 38.5 Å². The monoisotopic (exact) mass is 386 g/mol. The molecule has 1 aliphatic heterocycles. The lowest BCUT2D eigenvalue weighted by molar-refractivity contribution is -0.146. The second-order valence-corrected chi connectivity index (χ2v) is 6.63. The van der Waals surface area contributed by atoms with Crippen LogP contribution in [0.5, 0.6) is 0 Å². The largest absolute Gasteiger partial charge is 0.465 e. The molecule has 8 heteroatoms. The first-order valence-corrected chi connectivity index (χ1v) is 9.23. The van der Waals surface area contributed by atoms with Crippen LogP contribution in [0.3, 0.4) is 0 Å². The molecule has 0 spiro atoms. The molecule has 0 saturated heterocycles. The topological polar surface area (TPSA) is 106 Å². The highest BCUT2D eigenvalue weighted by molar-refractivity contribution is 6.03. The number of tetrazole rings is 1. The van der Waals surface area contributed by atoms with Gasteiger partial charge in [-0.05, 0) is 53.1 Å². The summed E-state index contributed by atoms with van der Waals surface area (Å²) in [5.74, 6) is -0.664. The SMILES string of the molecule is CCOC(=O)C1C(C)=Nc2nnnn2C1c1ccccc1-c1ccc(C#N)cc1. The number of carbonyl (C=O) groups is 1.